The van der Waals surface area contributed by atoms with Crippen LogP contribution in [0.15, 0.2) is 48.5 Å². The summed E-state index contributed by atoms with van der Waals surface area (Å²) in [5, 5.41) is 18.7. The molecule has 0 aromatic heterocycles. The molecular weight excluding hydrogens is 305 g/mol. The first-order valence-corrected chi connectivity index (χ1v) is 8.35. The second-order valence-corrected chi connectivity index (χ2v) is 7.04. The Morgan fingerprint density at radius 3 is 2.23 bits per heavy atom. The highest BCUT2D eigenvalue weighted by Crippen LogP contribution is 2.18. The SMILES string of the molecule is N#Cc1ccc(C(O)CS(=O)(=O)Cc2ccc(F)cc2)cc1. The Bertz CT molecular complexity index is 778. The van der Waals surface area contributed by atoms with E-state index in [4.69, 9.17) is 5.26 Å². The second-order valence-electron chi connectivity index (χ2n) is 4.93. The van der Waals surface area contributed by atoms with Crippen LogP contribution >= 0.6 is 0 Å². The van der Waals surface area contributed by atoms with Crippen LogP contribution in [0.5, 0.6) is 0 Å². The first-order valence-electron chi connectivity index (χ1n) is 6.52. The fourth-order valence-electron chi connectivity index (χ4n) is 2.01. The molecule has 114 valence electrons. The van der Waals surface area contributed by atoms with E-state index >= 15 is 0 Å². The molecule has 2 aromatic carbocycles. The van der Waals surface area contributed by atoms with Crippen molar-refractivity contribution in [2.75, 3.05) is 5.75 Å². The van der Waals surface area contributed by atoms with Gasteiger partial charge in [0, 0.05) is 0 Å². The summed E-state index contributed by atoms with van der Waals surface area (Å²) >= 11 is 0. The van der Waals surface area contributed by atoms with Gasteiger partial charge in [-0.1, -0.05) is 24.3 Å². The van der Waals surface area contributed by atoms with Gasteiger partial charge in [-0.15, -0.1) is 0 Å². The fourth-order valence-corrected chi connectivity index (χ4v) is 3.50. The minimum absolute atomic E-state index is 0.263. The van der Waals surface area contributed by atoms with E-state index in [1.54, 1.807) is 0 Å². The molecule has 4 nitrogen and oxygen atoms in total. The molecule has 0 aliphatic rings. The van der Waals surface area contributed by atoms with Crippen molar-refractivity contribution in [2.24, 2.45) is 0 Å². The lowest BCUT2D eigenvalue weighted by Crippen LogP contribution is -2.16. The Morgan fingerprint density at radius 1 is 1.09 bits per heavy atom. The van der Waals surface area contributed by atoms with Crippen LogP contribution in [0, 0.1) is 17.1 Å². The molecule has 0 bridgehead atoms. The van der Waals surface area contributed by atoms with Crippen molar-refractivity contribution in [3.63, 3.8) is 0 Å². The third kappa shape index (κ3) is 4.38. The van der Waals surface area contributed by atoms with Gasteiger partial charge in [0.05, 0.1) is 29.2 Å². The standard InChI is InChI=1S/C16H14FNO3S/c17-15-7-3-13(4-8-15)10-22(20,21)11-16(19)14-5-1-12(9-18)2-6-14/h1-8,16,19H,10-11H2. The maximum Gasteiger partial charge on any atom is 0.157 e. The number of hydrogen-bond donors (Lipinski definition) is 1. The largest absolute Gasteiger partial charge is 0.387 e. The number of nitriles is 1. The van der Waals surface area contributed by atoms with Crippen LogP contribution in [0.4, 0.5) is 4.39 Å². The second kappa shape index (κ2) is 6.69. The van der Waals surface area contributed by atoms with E-state index in [1.165, 1.54) is 48.5 Å². The maximum absolute atomic E-state index is 12.8. The summed E-state index contributed by atoms with van der Waals surface area (Å²) in [5.74, 6) is -1.13. The third-order valence-electron chi connectivity index (χ3n) is 3.14. The zero-order valence-corrected chi connectivity index (χ0v) is 12.4. The van der Waals surface area contributed by atoms with Gasteiger partial charge < -0.3 is 5.11 Å². The van der Waals surface area contributed by atoms with Crippen molar-refractivity contribution >= 4 is 9.84 Å². The van der Waals surface area contributed by atoms with Gasteiger partial charge >= 0.3 is 0 Å². The van der Waals surface area contributed by atoms with Crippen LogP contribution in [0.3, 0.4) is 0 Å². The lowest BCUT2D eigenvalue weighted by atomic mass is 10.1. The maximum atomic E-state index is 12.8. The van der Waals surface area contributed by atoms with Gasteiger partial charge in [-0.05, 0) is 35.4 Å². The zero-order chi connectivity index (χ0) is 16.2. The Morgan fingerprint density at radius 2 is 1.68 bits per heavy atom. The van der Waals surface area contributed by atoms with Crippen molar-refractivity contribution in [2.45, 2.75) is 11.9 Å². The molecule has 6 heteroatoms. The Kier molecular flexibility index (Phi) is 4.91. The summed E-state index contributed by atoms with van der Waals surface area (Å²) in [4.78, 5) is 0. The van der Waals surface area contributed by atoms with E-state index in [0.29, 0.717) is 16.7 Å². The van der Waals surface area contributed by atoms with Gasteiger partial charge in [0.2, 0.25) is 0 Å². The molecular formula is C16H14FNO3S. The first-order chi connectivity index (χ1) is 10.4. The summed E-state index contributed by atoms with van der Waals surface area (Å²) in [7, 11) is -3.55. The summed E-state index contributed by atoms with van der Waals surface area (Å²) in [6, 6.07) is 13.2. The molecule has 0 saturated heterocycles. The van der Waals surface area contributed by atoms with Crippen molar-refractivity contribution in [1.82, 2.24) is 0 Å². The van der Waals surface area contributed by atoms with E-state index in [-0.39, 0.29) is 5.75 Å². The molecule has 0 saturated carbocycles. The smallest absolute Gasteiger partial charge is 0.157 e. The molecule has 22 heavy (non-hydrogen) atoms. The van der Waals surface area contributed by atoms with Crippen molar-refractivity contribution in [1.29, 1.82) is 5.26 Å². The molecule has 0 heterocycles. The van der Waals surface area contributed by atoms with Gasteiger partial charge in [0.25, 0.3) is 0 Å². The number of rotatable bonds is 5. The van der Waals surface area contributed by atoms with E-state index in [1.807, 2.05) is 6.07 Å². The molecule has 1 N–H and O–H groups in total. The fraction of sp³-hybridized carbons (Fsp3) is 0.188. The monoisotopic (exact) mass is 319 g/mol. The predicted molar refractivity (Wildman–Crippen MR) is 80.0 cm³/mol. The molecule has 0 spiro atoms. The number of sulfone groups is 1. The molecule has 0 radical (unpaired) electrons. The molecule has 0 fully saturated rings. The van der Waals surface area contributed by atoms with Gasteiger partial charge in [0.15, 0.2) is 9.84 Å². The highest BCUT2D eigenvalue weighted by atomic mass is 32.2. The Balaban J connectivity index is 2.07. The van der Waals surface area contributed by atoms with Crippen molar-refractivity contribution in [3.05, 3.63) is 71.0 Å². The summed E-state index contributed by atoms with van der Waals surface area (Å²) in [6.07, 6.45) is -1.17. The number of nitrogens with zero attached hydrogens (tertiary/aromatic N) is 1. The average molecular weight is 319 g/mol. The molecule has 1 unspecified atom stereocenters. The summed E-state index contributed by atoms with van der Waals surface area (Å²) in [5.41, 5.74) is 1.33. The molecule has 0 aliphatic carbocycles. The van der Waals surface area contributed by atoms with Crippen molar-refractivity contribution in [3.8, 4) is 6.07 Å². The average Bonchev–Trinajstić information content (AvgIpc) is 2.49. The van der Waals surface area contributed by atoms with Gasteiger partial charge in [0.1, 0.15) is 5.82 Å². The van der Waals surface area contributed by atoms with Crippen LogP contribution < -0.4 is 0 Å². The molecule has 1 atom stereocenters. The van der Waals surface area contributed by atoms with Crippen LogP contribution in [0.2, 0.25) is 0 Å². The Hall–Kier alpha value is -2.23. The van der Waals surface area contributed by atoms with E-state index in [2.05, 4.69) is 0 Å². The number of hydrogen-bond acceptors (Lipinski definition) is 4. The van der Waals surface area contributed by atoms with Gasteiger partial charge in [-0.25, -0.2) is 12.8 Å². The van der Waals surface area contributed by atoms with Crippen LogP contribution in [-0.2, 0) is 15.6 Å². The Labute approximate surface area is 128 Å². The normalized spacial score (nSPS) is 12.6. The lowest BCUT2D eigenvalue weighted by molar-refractivity contribution is 0.201. The molecule has 2 aromatic rings. The van der Waals surface area contributed by atoms with Crippen LogP contribution in [0.25, 0.3) is 0 Å². The van der Waals surface area contributed by atoms with Crippen LogP contribution in [0.1, 0.15) is 22.8 Å². The number of aliphatic hydroxyl groups is 1. The van der Waals surface area contributed by atoms with E-state index in [9.17, 15) is 17.9 Å². The highest BCUT2D eigenvalue weighted by molar-refractivity contribution is 7.90. The first kappa shape index (κ1) is 16.1. The molecule has 2 rings (SSSR count). The van der Waals surface area contributed by atoms with E-state index in [0.717, 1.165) is 0 Å². The van der Waals surface area contributed by atoms with E-state index < -0.39 is 27.5 Å². The summed E-state index contributed by atoms with van der Waals surface area (Å²) < 4.78 is 37.0. The minimum Gasteiger partial charge on any atom is -0.387 e. The third-order valence-corrected chi connectivity index (χ3v) is 4.73. The molecule has 0 amide bonds. The minimum atomic E-state index is -3.55. The quantitative estimate of drug-likeness (QED) is 0.917. The van der Waals surface area contributed by atoms with Crippen LogP contribution in [-0.4, -0.2) is 19.3 Å². The topological polar surface area (TPSA) is 78.2 Å². The van der Waals surface area contributed by atoms with Gasteiger partial charge in [-0.3, -0.25) is 0 Å². The predicted octanol–water partition coefficient (Wildman–Crippen LogP) is 2.35. The highest BCUT2D eigenvalue weighted by Gasteiger charge is 2.19. The summed E-state index contributed by atoms with van der Waals surface area (Å²) in [6.45, 7) is 0. The number of aliphatic hydroxyl groups excluding tert-OH is 1. The molecule has 0 aliphatic heterocycles. The lowest BCUT2D eigenvalue weighted by Gasteiger charge is -2.12. The van der Waals surface area contributed by atoms with Gasteiger partial charge in [-0.2, -0.15) is 5.26 Å². The zero-order valence-electron chi connectivity index (χ0n) is 11.6. The number of halogens is 1. The van der Waals surface area contributed by atoms with Crippen molar-refractivity contribution < 1.29 is 17.9 Å². The number of benzene rings is 2.